The zero-order valence-corrected chi connectivity index (χ0v) is 16.4. The highest BCUT2D eigenvalue weighted by Crippen LogP contribution is 2.33. The molecule has 2 aliphatic rings. The number of nitrogens with zero attached hydrogens (tertiary/aromatic N) is 2. The van der Waals surface area contributed by atoms with Crippen molar-refractivity contribution in [2.24, 2.45) is 5.92 Å². The molecular weight excluding hydrogens is 328 g/mol. The summed E-state index contributed by atoms with van der Waals surface area (Å²) in [6, 6.07) is 2.57. The van der Waals surface area contributed by atoms with E-state index in [1.54, 1.807) is 0 Å². The fraction of sp³-hybridized carbons (Fsp3) is 0.714. The van der Waals surface area contributed by atoms with Gasteiger partial charge in [-0.15, -0.1) is 0 Å². The Balaban J connectivity index is 1.76. The molecule has 144 valence electrons. The van der Waals surface area contributed by atoms with Crippen molar-refractivity contribution in [1.29, 1.82) is 0 Å². The number of amides is 1. The summed E-state index contributed by atoms with van der Waals surface area (Å²) in [5.41, 5.74) is 3.06. The minimum atomic E-state index is -0.186. The Labute approximate surface area is 156 Å². The predicted octanol–water partition coefficient (Wildman–Crippen LogP) is 4.03. The molecule has 2 fully saturated rings. The molecule has 1 atom stereocenters. The van der Waals surface area contributed by atoms with Gasteiger partial charge in [0, 0.05) is 30.5 Å². The topological polar surface area (TPSA) is 51.5 Å². The predicted molar refractivity (Wildman–Crippen MR) is 101 cm³/mol. The van der Waals surface area contributed by atoms with Gasteiger partial charge in [0.1, 0.15) is 0 Å². The molecule has 1 saturated heterocycles. The van der Waals surface area contributed by atoms with Crippen molar-refractivity contribution < 1.29 is 14.3 Å². The summed E-state index contributed by atoms with van der Waals surface area (Å²) < 4.78 is 7.53. The Morgan fingerprint density at radius 1 is 1.12 bits per heavy atom. The van der Waals surface area contributed by atoms with Crippen LogP contribution in [-0.2, 0) is 9.53 Å². The van der Waals surface area contributed by atoms with Crippen molar-refractivity contribution in [2.45, 2.75) is 71.8 Å². The molecule has 1 aromatic rings. The van der Waals surface area contributed by atoms with Crippen molar-refractivity contribution in [3.8, 4) is 0 Å². The molecule has 0 N–H and O–H groups in total. The normalized spacial score (nSPS) is 21.7. The molecule has 3 rings (SSSR count). The van der Waals surface area contributed by atoms with Gasteiger partial charge in [-0.05, 0) is 52.5 Å². The van der Waals surface area contributed by atoms with E-state index in [1.807, 2.05) is 17.9 Å². The van der Waals surface area contributed by atoms with Gasteiger partial charge >= 0.3 is 5.97 Å². The Kier molecular flexibility index (Phi) is 6.05. The minimum Gasteiger partial charge on any atom is -0.466 e. The molecule has 2 heterocycles. The first-order valence-electron chi connectivity index (χ1n) is 10.2. The average Bonchev–Trinajstić information content (AvgIpc) is 2.96. The van der Waals surface area contributed by atoms with Gasteiger partial charge < -0.3 is 14.2 Å². The largest absolute Gasteiger partial charge is 0.466 e. The Bertz CT molecular complexity index is 658. The van der Waals surface area contributed by atoms with Crippen LogP contribution in [0.3, 0.4) is 0 Å². The van der Waals surface area contributed by atoms with Gasteiger partial charge in [-0.1, -0.05) is 19.3 Å². The Morgan fingerprint density at radius 2 is 1.85 bits per heavy atom. The standard InChI is InChI=1S/C21H32N2O3/c1-4-26-21(25)17-9-8-12-22(14-17)20(24)19-13-15(2)23(16(19)3)18-10-6-5-7-11-18/h13,17-18H,4-12,14H2,1-3H3. The second-order valence-electron chi connectivity index (χ2n) is 7.79. The number of ether oxygens (including phenoxy) is 1. The first kappa shape index (κ1) is 19.0. The number of esters is 1. The number of likely N-dealkylation sites (tertiary alicyclic amines) is 1. The van der Waals surface area contributed by atoms with Gasteiger partial charge in [0.25, 0.3) is 5.91 Å². The average molecular weight is 360 g/mol. The third kappa shape index (κ3) is 3.81. The van der Waals surface area contributed by atoms with E-state index in [4.69, 9.17) is 4.74 Å². The highest BCUT2D eigenvalue weighted by molar-refractivity contribution is 5.96. The molecular formula is C21H32N2O3. The maximum absolute atomic E-state index is 13.2. The van der Waals surface area contributed by atoms with E-state index in [1.165, 1.54) is 37.8 Å². The molecule has 0 bridgehead atoms. The highest BCUT2D eigenvalue weighted by Gasteiger charge is 2.31. The van der Waals surface area contributed by atoms with Gasteiger partial charge in [-0.2, -0.15) is 0 Å². The number of carbonyl (C=O) groups is 2. The lowest BCUT2D eigenvalue weighted by Gasteiger charge is -2.31. The van der Waals surface area contributed by atoms with Crippen molar-refractivity contribution in [3.63, 3.8) is 0 Å². The van der Waals surface area contributed by atoms with Gasteiger partial charge in [0.15, 0.2) is 0 Å². The molecule has 1 aromatic heterocycles. The van der Waals surface area contributed by atoms with Crippen molar-refractivity contribution in [1.82, 2.24) is 9.47 Å². The van der Waals surface area contributed by atoms with Crippen LogP contribution < -0.4 is 0 Å². The van der Waals surface area contributed by atoms with E-state index in [0.29, 0.717) is 19.2 Å². The number of piperidine rings is 1. The second kappa shape index (κ2) is 8.28. The molecule has 1 unspecified atom stereocenters. The maximum Gasteiger partial charge on any atom is 0.310 e. The number of aromatic nitrogens is 1. The van der Waals surface area contributed by atoms with Crippen LogP contribution in [0.5, 0.6) is 0 Å². The zero-order valence-electron chi connectivity index (χ0n) is 16.4. The molecule has 1 saturated carbocycles. The van der Waals surface area contributed by atoms with E-state index in [2.05, 4.69) is 18.4 Å². The van der Waals surface area contributed by atoms with Crippen molar-refractivity contribution in [2.75, 3.05) is 19.7 Å². The van der Waals surface area contributed by atoms with Crippen LogP contribution in [0.25, 0.3) is 0 Å². The van der Waals surface area contributed by atoms with Crippen molar-refractivity contribution >= 4 is 11.9 Å². The first-order chi connectivity index (χ1) is 12.5. The lowest BCUT2D eigenvalue weighted by molar-refractivity contribution is -0.149. The molecule has 5 nitrogen and oxygen atoms in total. The number of rotatable bonds is 4. The fourth-order valence-corrected chi connectivity index (χ4v) is 4.68. The van der Waals surface area contributed by atoms with Crippen LogP contribution in [0.15, 0.2) is 6.07 Å². The third-order valence-electron chi connectivity index (χ3n) is 5.98. The number of carbonyl (C=O) groups excluding carboxylic acids is 2. The second-order valence-corrected chi connectivity index (χ2v) is 7.79. The van der Waals surface area contributed by atoms with E-state index in [0.717, 1.165) is 30.6 Å². The first-order valence-corrected chi connectivity index (χ1v) is 10.2. The zero-order chi connectivity index (χ0) is 18.7. The summed E-state index contributed by atoms with van der Waals surface area (Å²) in [5.74, 6) is -0.290. The maximum atomic E-state index is 13.2. The van der Waals surface area contributed by atoms with Crippen LogP contribution in [-0.4, -0.2) is 41.0 Å². The van der Waals surface area contributed by atoms with Gasteiger partial charge in [-0.3, -0.25) is 9.59 Å². The lowest BCUT2D eigenvalue weighted by Crippen LogP contribution is -2.43. The van der Waals surface area contributed by atoms with Crippen LogP contribution in [0.2, 0.25) is 0 Å². The van der Waals surface area contributed by atoms with Gasteiger partial charge in [-0.25, -0.2) is 0 Å². The molecule has 0 spiro atoms. The summed E-state index contributed by atoms with van der Waals surface area (Å²) in [7, 11) is 0. The summed E-state index contributed by atoms with van der Waals surface area (Å²) >= 11 is 0. The van der Waals surface area contributed by atoms with Gasteiger partial charge in [0.05, 0.1) is 18.1 Å². The summed E-state index contributed by atoms with van der Waals surface area (Å²) in [5, 5.41) is 0. The fourth-order valence-electron chi connectivity index (χ4n) is 4.68. The van der Waals surface area contributed by atoms with E-state index in [-0.39, 0.29) is 17.8 Å². The van der Waals surface area contributed by atoms with E-state index >= 15 is 0 Å². The SMILES string of the molecule is CCOC(=O)C1CCCN(C(=O)c2cc(C)n(C3CCCCC3)c2C)C1. The third-order valence-corrected chi connectivity index (χ3v) is 5.98. The van der Waals surface area contributed by atoms with E-state index < -0.39 is 0 Å². The lowest BCUT2D eigenvalue weighted by atomic mass is 9.95. The summed E-state index contributed by atoms with van der Waals surface area (Å²) in [4.78, 5) is 27.1. The van der Waals surface area contributed by atoms with Crippen LogP contribution >= 0.6 is 0 Å². The quantitative estimate of drug-likeness (QED) is 0.762. The van der Waals surface area contributed by atoms with Crippen molar-refractivity contribution in [3.05, 3.63) is 23.0 Å². The number of hydrogen-bond donors (Lipinski definition) is 0. The molecule has 1 aliphatic heterocycles. The molecule has 1 amide bonds. The smallest absolute Gasteiger partial charge is 0.310 e. The number of hydrogen-bond acceptors (Lipinski definition) is 3. The monoisotopic (exact) mass is 360 g/mol. The van der Waals surface area contributed by atoms with E-state index in [9.17, 15) is 9.59 Å². The Hall–Kier alpha value is -1.78. The minimum absolute atomic E-state index is 0.0640. The van der Waals surface area contributed by atoms with Crippen LogP contribution in [0.4, 0.5) is 0 Å². The molecule has 26 heavy (non-hydrogen) atoms. The number of aryl methyl sites for hydroxylation is 1. The summed E-state index contributed by atoms with van der Waals surface area (Å²) in [6.07, 6.45) is 7.96. The van der Waals surface area contributed by atoms with Gasteiger partial charge in [0.2, 0.25) is 0 Å². The molecule has 1 aliphatic carbocycles. The van der Waals surface area contributed by atoms with Crippen LogP contribution in [0, 0.1) is 19.8 Å². The summed E-state index contributed by atoms with van der Waals surface area (Å²) in [6.45, 7) is 7.60. The molecule has 0 aromatic carbocycles. The molecule has 0 radical (unpaired) electrons. The Morgan fingerprint density at radius 3 is 2.54 bits per heavy atom. The highest BCUT2D eigenvalue weighted by atomic mass is 16.5. The van der Waals surface area contributed by atoms with Crippen LogP contribution in [0.1, 0.15) is 79.7 Å². The molecule has 5 heteroatoms.